The highest BCUT2D eigenvalue weighted by Crippen LogP contribution is 2.48. The van der Waals surface area contributed by atoms with Crippen molar-refractivity contribution in [1.82, 2.24) is 4.98 Å². The lowest BCUT2D eigenvalue weighted by Gasteiger charge is -2.23. The molecule has 1 aliphatic rings. The molecule has 2 unspecified atom stereocenters. The summed E-state index contributed by atoms with van der Waals surface area (Å²) < 4.78 is 1.26. The normalized spacial score (nSPS) is 17.6. The average molecular weight is 493 g/mol. The molecule has 0 N–H and O–H groups in total. The van der Waals surface area contributed by atoms with E-state index < -0.39 is 0 Å². The summed E-state index contributed by atoms with van der Waals surface area (Å²) in [5.74, 6) is 0.453. The Morgan fingerprint density at radius 3 is 2.20 bits per heavy atom. The van der Waals surface area contributed by atoms with Crippen molar-refractivity contribution in [3.8, 4) is 22.3 Å². The standard InChI is InChI=1S/C31H25ClN2S/c1-2-20-16-28-30(34-31(32)29(20)23-14-9-15-33-19-23)26-17-24(21-10-5-3-6-11-21)25(18-27(26)35-28)22-12-7-4-8-13-22/h3-15,17-20,29H,2,16H2,1H3. The first-order valence-corrected chi connectivity index (χ1v) is 13.3. The summed E-state index contributed by atoms with van der Waals surface area (Å²) in [6, 6.07) is 30.0. The van der Waals surface area contributed by atoms with Gasteiger partial charge >= 0.3 is 0 Å². The van der Waals surface area contributed by atoms with Crippen LogP contribution in [-0.2, 0) is 6.42 Å². The van der Waals surface area contributed by atoms with Gasteiger partial charge in [0.1, 0.15) is 5.17 Å². The second-order valence-corrected chi connectivity index (χ2v) is 10.6. The number of hydrogen-bond donors (Lipinski definition) is 0. The second kappa shape index (κ2) is 9.41. The zero-order chi connectivity index (χ0) is 23.8. The van der Waals surface area contributed by atoms with Gasteiger partial charge in [-0.3, -0.25) is 4.98 Å². The monoisotopic (exact) mass is 492 g/mol. The fourth-order valence-corrected chi connectivity index (χ4v) is 6.88. The first-order valence-electron chi connectivity index (χ1n) is 12.1. The molecular formula is C31H25ClN2S. The van der Waals surface area contributed by atoms with Crippen molar-refractivity contribution in [2.75, 3.05) is 0 Å². The predicted molar refractivity (Wildman–Crippen MR) is 150 cm³/mol. The van der Waals surface area contributed by atoms with Crippen LogP contribution in [0.25, 0.3) is 32.3 Å². The summed E-state index contributed by atoms with van der Waals surface area (Å²) in [5, 5.41) is 1.85. The first kappa shape index (κ1) is 22.2. The van der Waals surface area contributed by atoms with Crippen LogP contribution >= 0.6 is 22.9 Å². The maximum Gasteiger partial charge on any atom is 0.114 e. The van der Waals surface area contributed by atoms with Crippen LogP contribution in [0.2, 0.25) is 0 Å². The predicted octanol–water partition coefficient (Wildman–Crippen LogP) is 9.27. The van der Waals surface area contributed by atoms with Crippen LogP contribution in [0.3, 0.4) is 0 Å². The average Bonchev–Trinajstić information content (AvgIpc) is 3.17. The van der Waals surface area contributed by atoms with E-state index in [4.69, 9.17) is 16.6 Å². The lowest BCUT2D eigenvalue weighted by atomic mass is 9.83. The molecule has 0 amide bonds. The van der Waals surface area contributed by atoms with Crippen LogP contribution in [0.5, 0.6) is 0 Å². The molecule has 3 aromatic carbocycles. The first-order chi connectivity index (χ1) is 17.2. The fourth-order valence-electron chi connectivity index (χ4n) is 5.23. The van der Waals surface area contributed by atoms with Crippen molar-refractivity contribution >= 4 is 43.9 Å². The Balaban J connectivity index is 1.57. The number of benzene rings is 3. The molecule has 0 bridgehead atoms. The van der Waals surface area contributed by atoms with Gasteiger partial charge in [-0.2, -0.15) is 0 Å². The molecule has 2 atom stereocenters. The maximum atomic E-state index is 6.99. The van der Waals surface area contributed by atoms with Gasteiger partial charge in [0.2, 0.25) is 0 Å². The van der Waals surface area contributed by atoms with Crippen LogP contribution in [0.15, 0.2) is 102 Å². The molecule has 0 radical (unpaired) electrons. The smallest absolute Gasteiger partial charge is 0.114 e. The zero-order valence-corrected chi connectivity index (χ0v) is 21.1. The van der Waals surface area contributed by atoms with E-state index >= 15 is 0 Å². The molecule has 0 aliphatic carbocycles. The minimum Gasteiger partial charge on any atom is -0.264 e. The van der Waals surface area contributed by atoms with Crippen molar-refractivity contribution in [3.05, 3.63) is 108 Å². The Morgan fingerprint density at radius 2 is 1.57 bits per heavy atom. The van der Waals surface area contributed by atoms with Crippen molar-refractivity contribution < 1.29 is 0 Å². The highest BCUT2D eigenvalue weighted by Gasteiger charge is 2.31. The molecule has 1 aliphatic heterocycles. The summed E-state index contributed by atoms with van der Waals surface area (Å²) in [5.41, 5.74) is 7.07. The number of hydrogen-bond acceptors (Lipinski definition) is 3. The van der Waals surface area contributed by atoms with E-state index in [1.807, 2.05) is 29.8 Å². The molecular weight excluding hydrogens is 468 g/mol. The molecule has 5 aromatic rings. The SMILES string of the molecule is CCC1Cc2sc3cc(-c4ccccc4)c(-c4ccccc4)cc3c2N=C(Cl)C1c1cccnc1. The van der Waals surface area contributed by atoms with Crippen LogP contribution in [0.4, 0.5) is 5.69 Å². The molecule has 172 valence electrons. The molecule has 4 heteroatoms. The van der Waals surface area contributed by atoms with E-state index in [1.54, 1.807) is 0 Å². The molecule has 6 rings (SSSR count). The number of aliphatic imine (C=N–C) groups is 1. The number of fused-ring (bicyclic) bond motifs is 3. The third-order valence-electron chi connectivity index (χ3n) is 7.00. The van der Waals surface area contributed by atoms with Gasteiger partial charge in [-0.1, -0.05) is 91.7 Å². The molecule has 35 heavy (non-hydrogen) atoms. The van der Waals surface area contributed by atoms with Gasteiger partial charge in [0, 0.05) is 33.3 Å². The Morgan fingerprint density at radius 1 is 0.886 bits per heavy atom. The Bertz CT molecular complexity index is 1510. The molecule has 2 nitrogen and oxygen atoms in total. The molecule has 0 saturated heterocycles. The van der Waals surface area contributed by atoms with Crippen molar-refractivity contribution in [3.63, 3.8) is 0 Å². The zero-order valence-electron chi connectivity index (χ0n) is 19.5. The largest absolute Gasteiger partial charge is 0.264 e. The van der Waals surface area contributed by atoms with Crippen molar-refractivity contribution in [2.45, 2.75) is 25.7 Å². The highest BCUT2D eigenvalue weighted by atomic mass is 35.5. The summed E-state index contributed by atoms with van der Waals surface area (Å²) in [6.45, 7) is 2.25. The lowest BCUT2D eigenvalue weighted by molar-refractivity contribution is 0.484. The number of halogens is 1. The van der Waals surface area contributed by atoms with E-state index in [-0.39, 0.29) is 5.92 Å². The maximum absolute atomic E-state index is 6.99. The van der Waals surface area contributed by atoms with Gasteiger partial charge in [-0.15, -0.1) is 11.3 Å². The Kier molecular flexibility index (Phi) is 5.97. The molecule has 0 spiro atoms. The summed E-state index contributed by atoms with van der Waals surface area (Å²) in [7, 11) is 0. The highest BCUT2D eigenvalue weighted by molar-refractivity contribution is 7.19. The summed E-state index contributed by atoms with van der Waals surface area (Å²) in [4.78, 5) is 10.8. The quantitative estimate of drug-likeness (QED) is 0.245. The Hall–Kier alpha value is -3.27. The number of aromatic nitrogens is 1. The van der Waals surface area contributed by atoms with Gasteiger partial charge in [0.05, 0.1) is 5.69 Å². The van der Waals surface area contributed by atoms with E-state index in [1.165, 1.54) is 37.2 Å². The van der Waals surface area contributed by atoms with Crippen LogP contribution < -0.4 is 0 Å². The number of rotatable bonds is 4. The second-order valence-electron chi connectivity index (χ2n) is 9.07. The van der Waals surface area contributed by atoms with Crippen LogP contribution in [0, 0.1) is 5.92 Å². The number of pyridine rings is 1. The van der Waals surface area contributed by atoms with E-state index in [9.17, 15) is 0 Å². The Labute approximate surface area is 215 Å². The molecule has 0 saturated carbocycles. The van der Waals surface area contributed by atoms with Crippen LogP contribution in [-0.4, -0.2) is 10.2 Å². The number of thiophene rings is 1. The van der Waals surface area contributed by atoms with Gasteiger partial charge in [-0.05, 0) is 58.4 Å². The van der Waals surface area contributed by atoms with Gasteiger partial charge < -0.3 is 0 Å². The van der Waals surface area contributed by atoms with E-state index in [0.717, 1.165) is 24.1 Å². The third-order valence-corrected chi connectivity index (χ3v) is 8.49. The van der Waals surface area contributed by atoms with Crippen molar-refractivity contribution in [2.24, 2.45) is 10.9 Å². The van der Waals surface area contributed by atoms with Crippen molar-refractivity contribution in [1.29, 1.82) is 0 Å². The summed E-state index contributed by atoms with van der Waals surface area (Å²) in [6.07, 6.45) is 5.74. The number of nitrogens with zero attached hydrogens (tertiary/aromatic N) is 2. The summed E-state index contributed by atoms with van der Waals surface area (Å²) >= 11 is 8.85. The van der Waals surface area contributed by atoms with Crippen LogP contribution in [0.1, 0.15) is 29.7 Å². The van der Waals surface area contributed by atoms with Gasteiger partial charge in [-0.25, -0.2) is 4.99 Å². The third kappa shape index (κ3) is 4.09. The minimum atomic E-state index is 0.0715. The lowest BCUT2D eigenvalue weighted by Crippen LogP contribution is -2.19. The van der Waals surface area contributed by atoms with E-state index in [0.29, 0.717) is 11.1 Å². The van der Waals surface area contributed by atoms with Gasteiger partial charge in [0.25, 0.3) is 0 Å². The van der Waals surface area contributed by atoms with E-state index in [2.05, 4.69) is 90.8 Å². The molecule has 2 aromatic heterocycles. The fraction of sp³-hybridized carbons (Fsp3) is 0.161. The molecule has 0 fully saturated rings. The minimum absolute atomic E-state index is 0.0715. The molecule has 3 heterocycles. The van der Waals surface area contributed by atoms with Gasteiger partial charge in [0.15, 0.2) is 0 Å². The topological polar surface area (TPSA) is 25.2 Å².